The lowest BCUT2D eigenvalue weighted by atomic mass is 9.91. The molecule has 1 aromatic rings. The van der Waals surface area contributed by atoms with Crippen molar-refractivity contribution in [2.45, 2.75) is 32.1 Å². The minimum absolute atomic E-state index is 0. The molecule has 144 valence electrons. The van der Waals surface area contributed by atoms with E-state index in [0.29, 0.717) is 11.3 Å². The first-order valence-electron chi connectivity index (χ1n) is 9.63. The average Bonchev–Trinajstić information content (AvgIpc) is 3.54. The molecule has 1 atom stereocenters. The zero-order chi connectivity index (χ0) is 16.1. The van der Waals surface area contributed by atoms with Gasteiger partial charge in [-0.15, -0.1) is 24.8 Å². The highest BCUT2D eigenvalue weighted by molar-refractivity contribution is 6.01. The number of carbonyl (C=O) groups excluding carboxylic acids is 1. The molecule has 0 bridgehead atoms. The second-order valence-electron chi connectivity index (χ2n) is 8.24. The highest BCUT2D eigenvalue weighted by Crippen LogP contribution is 2.59. The minimum Gasteiger partial charge on any atom is -0.368 e. The maximum absolute atomic E-state index is 13.2. The maximum Gasteiger partial charge on any atom is 0.230 e. The molecule has 1 unspecified atom stereocenters. The molecule has 4 nitrogen and oxygen atoms in total. The fourth-order valence-corrected chi connectivity index (χ4v) is 4.81. The lowest BCUT2D eigenvalue weighted by molar-refractivity contribution is -0.120. The van der Waals surface area contributed by atoms with Gasteiger partial charge in [0.05, 0.1) is 11.4 Å². The van der Waals surface area contributed by atoms with Crippen LogP contribution < -0.4 is 15.1 Å². The van der Waals surface area contributed by atoms with Crippen molar-refractivity contribution in [2.24, 2.45) is 17.3 Å². The summed E-state index contributed by atoms with van der Waals surface area (Å²) in [4.78, 5) is 17.8. The molecule has 1 saturated heterocycles. The molecular weight excluding hydrogens is 369 g/mol. The number of halogens is 2. The van der Waals surface area contributed by atoms with Gasteiger partial charge in [0.2, 0.25) is 5.91 Å². The second-order valence-corrected chi connectivity index (χ2v) is 8.24. The highest BCUT2D eigenvalue weighted by Gasteiger charge is 2.59. The number of benzene rings is 1. The SMILES string of the molecule is Cl.Cl.O=C(C1CC12CCNCC2)N1CCN(CC2CC2)c2ccccc21. The van der Waals surface area contributed by atoms with Crippen LogP contribution in [0.2, 0.25) is 0 Å². The molecule has 4 aliphatic rings. The summed E-state index contributed by atoms with van der Waals surface area (Å²) in [7, 11) is 0. The molecule has 5 rings (SSSR count). The molecule has 2 heterocycles. The van der Waals surface area contributed by atoms with Crippen LogP contribution in [0.25, 0.3) is 0 Å². The summed E-state index contributed by atoms with van der Waals surface area (Å²) in [6, 6.07) is 8.53. The number of hydrogen-bond acceptors (Lipinski definition) is 3. The Morgan fingerprint density at radius 2 is 1.77 bits per heavy atom. The van der Waals surface area contributed by atoms with Crippen LogP contribution in [0.3, 0.4) is 0 Å². The van der Waals surface area contributed by atoms with Gasteiger partial charge in [0.25, 0.3) is 0 Å². The Bertz CT molecular complexity index is 658. The average molecular weight is 398 g/mol. The summed E-state index contributed by atoms with van der Waals surface area (Å²) in [5, 5.41) is 3.43. The molecule has 1 amide bonds. The van der Waals surface area contributed by atoms with Crippen molar-refractivity contribution < 1.29 is 4.79 Å². The first-order chi connectivity index (χ1) is 11.8. The maximum atomic E-state index is 13.2. The van der Waals surface area contributed by atoms with Crippen molar-refractivity contribution >= 4 is 42.1 Å². The molecular formula is C20H29Cl2N3O. The Morgan fingerprint density at radius 1 is 1.08 bits per heavy atom. The van der Waals surface area contributed by atoms with Crippen molar-refractivity contribution in [1.29, 1.82) is 0 Å². The summed E-state index contributed by atoms with van der Waals surface area (Å²) in [6.07, 6.45) is 6.21. The van der Waals surface area contributed by atoms with Gasteiger partial charge in [-0.2, -0.15) is 0 Å². The normalized spacial score (nSPS) is 25.8. The van der Waals surface area contributed by atoms with E-state index >= 15 is 0 Å². The molecule has 0 aromatic heterocycles. The summed E-state index contributed by atoms with van der Waals surface area (Å²) in [5.74, 6) is 1.53. The smallest absolute Gasteiger partial charge is 0.230 e. The van der Waals surface area contributed by atoms with Crippen LogP contribution >= 0.6 is 24.8 Å². The van der Waals surface area contributed by atoms with Crippen molar-refractivity contribution in [3.8, 4) is 0 Å². The molecule has 26 heavy (non-hydrogen) atoms. The van der Waals surface area contributed by atoms with Crippen LogP contribution in [0, 0.1) is 17.3 Å². The van der Waals surface area contributed by atoms with Crippen molar-refractivity contribution in [3.63, 3.8) is 0 Å². The predicted octanol–water partition coefficient (Wildman–Crippen LogP) is 3.48. The summed E-state index contributed by atoms with van der Waals surface area (Å²) < 4.78 is 0. The topological polar surface area (TPSA) is 35.6 Å². The van der Waals surface area contributed by atoms with Crippen LogP contribution in [-0.2, 0) is 4.79 Å². The zero-order valence-corrected chi connectivity index (χ0v) is 16.8. The predicted molar refractivity (Wildman–Crippen MR) is 111 cm³/mol. The van der Waals surface area contributed by atoms with Gasteiger partial charge >= 0.3 is 0 Å². The number of anilines is 2. The number of fused-ring (bicyclic) bond motifs is 1. The molecule has 2 saturated carbocycles. The van der Waals surface area contributed by atoms with Gasteiger partial charge < -0.3 is 15.1 Å². The Kier molecular flexibility index (Phi) is 5.76. The molecule has 1 aromatic carbocycles. The Morgan fingerprint density at radius 3 is 2.46 bits per heavy atom. The monoisotopic (exact) mass is 397 g/mol. The number of piperidine rings is 1. The van der Waals surface area contributed by atoms with Gasteiger partial charge in [-0.25, -0.2) is 0 Å². The lowest BCUT2D eigenvalue weighted by Gasteiger charge is -2.38. The zero-order valence-electron chi connectivity index (χ0n) is 15.2. The summed E-state index contributed by atoms with van der Waals surface area (Å²) in [5.41, 5.74) is 2.73. The number of hydrogen-bond donors (Lipinski definition) is 1. The van der Waals surface area contributed by atoms with Gasteiger partial charge in [0.15, 0.2) is 0 Å². The summed E-state index contributed by atoms with van der Waals surface area (Å²) in [6.45, 7) is 5.16. The third-order valence-electron chi connectivity index (χ3n) is 6.64. The Hall–Kier alpha value is -0.970. The first kappa shape index (κ1) is 19.8. The van der Waals surface area contributed by atoms with Crippen LogP contribution in [-0.4, -0.2) is 38.6 Å². The van der Waals surface area contributed by atoms with E-state index < -0.39 is 0 Å². The van der Waals surface area contributed by atoms with E-state index in [1.54, 1.807) is 0 Å². The van der Waals surface area contributed by atoms with Crippen molar-refractivity contribution in [3.05, 3.63) is 24.3 Å². The van der Waals surface area contributed by atoms with Gasteiger partial charge in [-0.3, -0.25) is 4.79 Å². The van der Waals surface area contributed by atoms with Crippen LogP contribution in [0.4, 0.5) is 11.4 Å². The van der Waals surface area contributed by atoms with Gasteiger partial charge in [0.1, 0.15) is 0 Å². The molecule has 3 fully saturated rings. The quantitative estimate of drug-likeness (QED) is 0.847. The molecule has 2 aliphatic carbocycles. The highest BCUT2D eigenvalue weighted by atomic mass is 35.5. The van der Waals surface area contributed by atoms with E-state index in [2.05, 4.69) is 39.4 Å². The standard InChI is InChI=1S/C20H27N3O.2ClH/c24-19(16-13-20(16)7-9-21-10-8-20)23-12-11-22(14-15-5-6-15)17-3-1-2-4-18(17)23;;/h1-4,15-16,21H,5-14H2;2*1H. The van der Waals surface area contributed by atoms with Crippen molar-refractivity contribution in [2.75, 3.05) is 42.5 Å². The molecule has 0 radical (unpaired) electrons. The number of nitrogens with one attached hydrogen (secondary N) is 1. The third-order valence-corrected chi connectivity index (χ3v) is 6.64. The number of rotatable bonds is 3. The fourth-order valence-electron chi connectivity index (χ4n) is 4.81. The number of para-hydroxylation sites is 2. The lowest BCUT2D eigenvalue weighted by Crippen LogP contribution is -2.46. The second kappa shape index (κ2) is 7.57. The molecule has 2 aliphatic heterocycles. The minimum atomic E-state index is 0. The van der Waals surface area contributed by atoms with E-state index in [1.165, 1.54) is 31.4 Å². The van der Waals surface area contributed by atoms with Gasteiger partial charge in [0, 0.05) is 25.6 Å². The van der Waals surface area contributed by atoms with E-state index in [9.17, 15) is 4.79 Å². The van der Waals surface area contributed by atoms with Crippen LogP contribution in [0.15, 0.2) is 24.3 Å². The molecule has 1 spiro atoms. The van der Waals surface area contributed by atoms with E-state index in [4.69, 9.17) is 0 Å². The van der Waals surface area contributed by atoms with Gasteiger partial charge in [-0.1, -0.05) is 12.1 Å². The van der Waals surface area contributed by atoms with Crippen LogP contribution in [0.5, 0.6) is 0 Å². The van der Waals surface area contributed by atoms with E-state index in [0.717, 1.165) is 50.7 Å². The largest absolute Gasteiger partial charge is 0.368 e. The van der Waals surface area contributed by atoms with Gasteiger partial charge in [-0.05, 0) is 68.7 Å². The number of carbonyl (C=O) groups is 1. The summed E-state index contributed by atoms with van der Waals surface area (Å²) >= 11 is 0. The molecule has 1 N–H and O–H groups in total. The number of amides is 1. The first-order valence-corrected chi connectivity index (χ1v) is 9.63. The fraction of sp³-hybridized carbons (Fsp3) is 0.650. The Labute approximate surface area is 168 Å². The number of nitrogens with zero attached hydrogens (tertiary/aromatic N) is 2. The third kappa shape index (κ3) is 3.44. The van der Waals surface area contributed by atoms with Crippen LogP contribution in [0.1, 0.15) is 32.1 Å². The van der Waals surface area contributed by atoms with E-state index in [1.807, 2.05) is 0 Å². The molecule has 6 heteroatoms. The van der Waals surface area contributed by atoms with E-state index in [-0.39, 0.29) is 30.7 Å². The Balaban J connectivity index is 0.000000980. The van der Waals surface area contributed by atoms with Crippen molar-refractivity contribution in [1.82, 2.24) is 5.32 Å².